The topological polar surface area (TPSA) is 106 Å². The van der Waals surface area contributed by atoms with Crippen molar-refractivity contribution in [2.24, 2.45) is 5.92 Å². The first-order valence-electron chi connectivity index (χ1n) is 11.6. The number of nitrogens with zero attached hydrogens (tertiary/aromatic N) is 1. The number of aromatic hydroxyl groups is 1. The fourth-order valence-electron chi connectivity index (χ4n) is 3.48. The van der Waals surface area contributed by atoms with E-state index < -0.39 is 5.97 Å². The van der Waals surface area contributed by atoms with Crippen LogP contribution in [0, 0.1) is 17.2 Å². The Labute approximate surface area is 210 Å². The molecule has 0 aliphatic rings. The Balaban J connectivity index is 1.77. The molecule has 0 aliphatic carbocycles. The molecule has 0 aliphatic heterocycles. The molecule has 186 valence electrons. The summed E-state index contributed by atoms with van der Waals surface area (Å²) in [5.74, 6) is 0.475. The van der Waals surface area contributed by atoms with E-state index in [2.05, 4.69) is 6.07 Å². The smallest absolute Gasteiger partial charge is 0.337 e. The average Bonchev–Trinajstić information content (AvgIpc) is 2.89. The minimum Gasteiger partial charge on any atom is -0.507 e. The number of hydrogen-bond acceptors (Lipinski definition) is 7. The third-order valence-corrected chi connectivity index (χ3v) is 5.40. The summed E-state index contributed by atoms with van der Waals surface area (Å²) < 4.78 is 16.3. The first kappa shape index (κ1) is 26.3. The lowest BCUT2D eigenvalue weighted by Crippen LogP contribution is -2.07. The Morgan fingerprint density at radius 2 is 1.69 bits per heavy atom. The van der Waals surface area contributed by atoms with Crippen LogP contribution in [0.5, 0.6) is 17.2 Å². The highest BCUT2D eigenvalue weighted by atomic mass is 16.5. The largest absolute Gasteiger partial charge is 0.507 e. The highest BCUT2D eigenvalue weighted by Gasteiger charge is 2.17. The Hall–Kier alpha value is -4.31. The number of phenolic OH excluding ortho intramolecular Hbond substituents is 1. The summed E-state index contributed by atoms with van der Waals surface area (Å²) >= 11 is 0. The van der Waals surface area contributed by atoms with Crippen LogP contribution in [0.1, 0.15) is 57.7 Å². The number of carbonyl (C=O) groups is 2. The van der Waals surface area contributed by atoms with Gasteiger partial charge in [0.15, 0.2) is 5.78 Å². The van der Waals surface area contributed by atoms with Crippen molar-refractivity contribution in [2.75, 3.05) is 13.7 Å². The van der Waals surface area contributed by atoms with Gasteiger partial charge < -0.3 is 19.3 Å². The molecule has 36 heavy (non-hydrogen) atoms. The molecule has 0 fully saturated rings. The van der Waals surface area contributed by atoms with Gasteiger partial charge in [-0.1, -0.05) is 26.0 Å². The maximum atomic E-state index is 13.1. The van der Waals surface area contributed by atoms with Gasteiger partial charge >= 0.3 is 5.97 Å². The second kappa shape index (κ2) is 12.4. The molecule has 0 unspecified atom stereocenters. The molecule has 0 radical (unpaired) electrons. The average molecular weight is 488 g/mol. The van der Waals surface area contributed by atoms with Gasteiger partial charge in [-0.2, -0.15) is 5.26 Å². The number of phenols is 1. The Bertz CT molecular complexity index is 1260. The van der Waals surface area contributed by atoms with E-state index in [9.17, 15) is 14.7 Å². The molecule has 3 rings (SSSR count). The fourth-order valence-corrected chi connectivity index (χ4v) is 3.48. The van der Waals surface area contributed by atoms with Crippen molar-refractivity contribution in [2.45, 2.75) is 33.3 Å². The van der Waals surface area contributed by atoms with Crippen LogP contribution >= 0.6 is 0 Å². The monoisotopic (exact) mass is 487 g/mol. The van der Waals surface area contributed by atoms with Gasteiger partial charge in [-0.15, -0.1) is 0 Å². The van der Waals surface area contributed by atoms with Gasteiger partial charge in [0.1, 0.15) is 23.9 Å². The van der Waals surface area contributed by atoms with Gasteiger partial charge in [-0.3, -0.25) is 4.79 Å². The summed E-state index contributed by atoms with van der Waals surface area (Å²) in [7, 11) is 1.33. The number of esters is 1. The molecule has 3 aromatic rings. The summed E-state index contributed by atoms with van der Waals surface area (Å²) in [6, 6.07) is 18.7. The third kappa shape index (κ3) is 6.86. The van der Waals surface area contributed by atoms with E-state index in [4.69, 9.17) is 19.5 Å². The lowest BCUT2D eigenvalue weighted by atomic mass is 9.98. The van der Waals surface area contributed by atoms with Crippen molar-refractivity contribution < 1.29 is 28.9 Å². The van der Waals surface area contributed by atoms with E-state index in [0.717, 1.165) is 5.56 Å². The van der Waals surface area contributed by atoms with E-state index in [0.29, 0.717) is 47.1 Å². The second-order valence-electron chi connectivity index (χ2n) is 8.67. The van der Waals surface area contributed by atoms with Crippen LogP contribution in [-0.4, -0.2) is 30.6 Å². The number of hydrogen-bond donors (Lipinski definition) is 1. The Morgan fingerprint density at radius 1 is 0.972 bits per heavy atom. The van der Waals surface area contributed by atoms with Gasteiger partial charge in [-0.25, -0.2) is 4.79 Å². The number of benzene rings is 3. The molecule has 0 bridgehead atoms. The molecular weight excluding hydrogens is 458 g/mol. The number of nitriles is 1. The highest BCUT2D eigenvalue weighted by Crippen LogP contribution is 2.29. The summed E-state index contributed by atoms with van der Waals surface area (Å²) in [5.41, 5.74) is 2.55. The zero-order valence-electron chi connectivity index (χ0n) is 20.6. The summed E-state index contributed by atoms with van der Waals surface area (Å²) in [4.78, 5) is 24.7. The zero-order valence-corrected chi connectivity index (χ0v) is 20.6. The first-order chi connectivity index (χ1) is 17.3. The van der Waals surface area contributed by atoms with Crippen LogP contribution in [0.15, 0.2) is 60.7 Å². The molecule has 3 aromatic carbocycles. The molecule has 0 atom stereocenters. The summed E-state index contributed by atoms with van der Waals surface area (Å²) in [6.07, 6.45) is 0.664. The normalized spacial score (nSPS) is 10.5. The molecule has 7 heteroatoms. The number of ketones is 1. The minimum atomic E-state index is -0.412. The van der Waals surface area contributed by atoms with Crippen molar-refractivity contribution in [1.82, 2.24) is 0 Å². The first-order valence-corrected chi connectivity index (χ1v) is 11.6. The Morgan fingerprint density at radius 3 is 2.33 bits per heavy atom. The van der Waals surface area contributed by atoms with Gasteiger partial charge in [0.2, 0.25) is 0 Å². The molecule has 0 aromatic heterocycles. The lowest BCUT2D eigenvalue weighted by molar-refractivity contribution is 0.0600. The number of rotatable bonds is 11. The molecule has 1 N–H and O–H groups in total. The SMILES string of the molecule is COC(=O)c1ccc(COc2ccc(C(=O)c3ccc(OCC(C)C)cc3O)cc2CCC#N)cc1. The zero-order chi connectivity index (χ0) is 26.1. The molecule has 0 amide bonds. The van der Waals surface area contributed by atoms with E-state index in [1.165, 1.54) is 13.2 Å². The molecule has 0 heterocycles. The molecule has 7 nitrogen and oxygen atoms in total. The van der Waals surface area contributed by atoms with Crippen LogP contribution in [0.25, 0.3) is 0 Å². The molecule has 0 spiro atoms. The van der Waals surface area contributed by atoms with Gasteiger partial charge in [0.25, 0.3) is 0 Å². The van der Waals surface area contributed by atoms with Crippen LogP contribution in [0.2, 0.25) is 0 Å². The number of methoxy groups -OCH3 is 1. The van der Waals surface area contributed by atoms with Crippen LogP contribution in [-0.2, 0) is 17.8 Å². The van der Waals surface area contributed by atoms with Crippen molar-refractivity contribution in [1.29, 1.82) is 5.26 Å². The van der Waals surface area contributed by atoms with Gasteiger partial charge in [-0.05, 0) is 65.9 Å². The number of ether oxygens (including phenoxy) is 3. The molecule has 0 saturated heterocycles. The number of aryl methyl sites for hydroxylation is 1. The van der Waals surface area contributed by atoms with Crippen LogP contribution in [0.3, 0.4) is 0 Å². The van der Waals surface area contributed by atoms with Crippen molar-refractivity contribution in [3.63, 3.8) is 0 Å². The third-order valence-electron chi connectivity index (χ3n) is 5.40. The van der Waals surface area contributed by atoms with E-state index >= 15 is 0 Å². The predicted molar refractivity (Wildman–Crippen MR) is 134 cm³/mol. The quantitative estimate of drug-likeness (QED) is 0.282. The van der Waals surface area contributed by atoms with Crippen molar-refractivity contribution in [3.8, 4) is 23.3 Å². The fraction of sp³-hybridized carbons (Fsp3) is 0.276. The summed E-state index contributed by atoms with van der Waals surface area (Å²) in [6.45, 7) is 4.80. The van der Waals surface area contributed by atoms with Crippen molar-refractivity contribution >= 4 is 11.8 Å². The van der Waals surface area contributed by atoms with Crippen LogP contribution < -0.4 is 9.47 Å². The van der Waals surface area contributed by atoms with Gasteiger partial charge in [0, 0.05) is 18.1 Å². The predicted octanol–water partition coefficient (Wildman–Crippen LogP) is 5.48. The van der Waals surface area contributed by atoms with Crippen LogP contribution in [0.4, 0.5) is 0 Å². The van der Waals surface area contributed by atoms with E-state index in [1.54, 1.807) is 54.6 Å². The highest BCUT2D eigenvalue weighted by molar-refractivity contribution is 6.11. The molecular formula is C29H29NO6. The lowest BCUT2D eigenvalue weighted by Gasteiger charge is -2.14. The van der Waals surface area contributed by atoms with E-state index in [1.807, 2.05) is 13.8 Å². The van der Waals surface area contributed by atoms with E-state index in [-0.39, 0.29) is 30.1 Å². The minimum absolute atomic E-state index is 0.157. The van der Waals surface area contributed by atoms with Gasteiger partial charge in [0.05, 0.1) is 30.9 Å². The maximum absolute atomic E-state index is 13.1. The number of carbonyl (C=O) groups excluding carboxylic acids is 2. The maximum Gasteiger partial charge on any atom is 0.337 e. The second-order valence-corrected chi connectivity index (χ2v) is 8.67. The summed E-state index contributed by atoms with van der Waals surface area (Å²) in [5, 5.41) is 19.5. The van der Waals surface area contributed by atoms with Crippen molar-refractivity contribution in [3.05, 3.63) is 88.5 Å². The standard InChI is InChI=1S/C29H29NO6/c1-19(2)17-35-24-11-12-25(26(31)16-24)28(32)23-10-13-27(22(15-23)5-4-14-30)36-18-20-6-8-21(9-7-20)29(33)34-3/h6-13,15-16,19,31H,4-5,17-18H2,1-3H3. The Kier molecular flexibility index (Phi) is 9.07. The molecule has 0 saturated carbocycles.